The maximum Gasteiger partial charge on any atom is 0.214 e. The van der Waals surface area contributed by atoms with Crippen LogP contribution >= 0.6 is 11.8 Å². The summed E-state index contributed by atoms with van der Waals surface area (Å²) in [5.41, 5.74) is 0. The average molecular weight is 306 g/mol. The van der Waals surface area contributed by atoms with Crippen LogP contribution in [0.15, 0.2) is 0 Å². The van der Waals surface area contributed by atoms with E-state index in [1.807, 2.05) is 11.8 Å². The molecule has 2 rings (SSSR count). The van der Waals surface area contributed by atoms with Gasteiger partial charge in [-0.2, -0.15) is 11.8 Å². The van der Waals surface area contributed by atoms with Crippen molar-refractivity contribution in [3.63, 3.8) is 0 Å². The molecular weight excluding hydrogens is 280 g/mol. The summed E-state index contributed by atoms with van der Waals surface area (Å²) in [6.07, 6.45) is 9.63. The Kier molecular flexibility index (Phi) is 5.57. The first-order valence-corrected chi connectivity index (χ1v) is 10.1. The molecule has 1 saturated heterocycles. The fourth-order valence-electron chi connectivity index (χ4n) is 3.10. The van der Waals surface area contributed by atoms with Crippen LogP contribution in [0.1, 0.15) is 44.9 Å². The number of piperidine rings is 1. The molecule has 0 aromatic carbocycles. The second-order valence-corrected chi connectivity index (χ2v) is 9.08. The van der Waals surface area contributed by atoms with E-state index in [4.69, 9.17) is 0 Å². The van der Waals surface area contributed by atoms with Crippen LogP contribution in [-0.4, -0.2) is 44.3 Å². The standard InChI is InChI=1S/C13H26N2O2S2/c1-18-13(7-3-2-4-8-13)11-15-19(16,17)12-5-9-14-10-6-12/h12,14-15H,2-11H2,1H3. The molecule has 0 unspecified atom stereocenters. The van der Waals surface area contributed by atoms with E-state index in [0.717, 1.165) is 38.8 Å². The summed E-state index contributed by atoms with van der Waals surface area (Å²) in [6, 6.07) is 0. The minimum Gasteiger partial charge on any atom is -0.317 e. The smallest absolute Gasteiger partial charge is 0.214 e. The molecule has 0 radical (unpaired) electrons. The molecule has 19 heavy (non-hydrogen) atoms. The summed E-state index contributed by atoms with van der Waals surface area (Å²) in [6.45, 7) is 2.25. The van der Waals surface area contributed by atoms with Gasteiger partial charge in [-0.3, -0.25) is 0 Å². The van der Waals surface area contributed by atoms with Gasteiger partial charge in [0.2, 0.25) is 10.0 Å². The van der Waals surface area contributed by atoms with E-state index < -0.39 is 10.0 Å². The Bertz CT molecular complexity index is 372. The number of rotatable bonds is 5. The molecule has 2 N–H and O–H groups in total. The van der Waals surface area contributed by atoms with Crippen LogP contribution in [0.2, 0.25) is 0 Å². The lowest BCUT2D eigenvalue weighted by atomic mass is 9.88. The van der Waals surface area contributed by atoms with Gasteiger partial charge in [-0.05, 0) is 45.0 Å². The highest BCUT2D eigenvalue weighted by Gasteiger charge is 2.34. The van der Waals surface area contributed by atoms with Crippen LogP contribution in [0.4, 0.5) is 0 Å². The fourth-order valence-corrected chi connectivity index (χ4v) is 5.68. The first-order valence-electron chi connectivity index (χ1n) is 7.32. The van der Waals surface area contributed by atoms with Crippen molar-refractivity contribution in [2.45, 2.75) is 54.9 Å². The number of hydrogen-bond donors (Lipinski definition) is 2. The maximum absolute atomic E-state index is 12.3. The lowest BCUT2D eigenvalue weighted by Gasteiger charge is -2.36. The van der Waals surface area contributed by atoms with Crippen molar-refractivity contribution in [3.05, 3.63) is 0 Å². The summed E-state index contributed by atoms with van der Waals surface area (Å²) < 4.78 is 27.7. The fraction of sp³-hybridized carbons (Fsp3) is 1.00. The Morgan fingerprint density at radius 2 is 1.84 bits per heavy atom. The van der Waals surface area contributed by atoms with Crippen LogP contribution in [0.25, 0.3) is 0 Å². The van der Waals surface area contributed by atoms with Gasteiger partial charge in [-0.25, -0.2) is 13.1 Å². The van der Waals surface area contributed by atoms with E-state index in [9.17, 15) is 8.42 Å². The molecule has 1 aliphatic carbocycles. The molecule has 2 aliphatic rings. The highest BCUT2D eigenvalue weighted by atomic mass is 32.2. The molecule has 112 valence electrons. The zero-order valence-corrected chi connectivity index (χ0v) is 13.4. The molecule has 0 amide bonds. The molecule has 2 fully saturated rings. The monoisotopic (exact) mass is 306 g/mol. The van der Waals surface area contributed by atoms with E-state index in [1.54, 1.807) is 0 Å². The van der Waals surface area contributed by atoms with Gasteiger partial charge in [-0.15, -0.1) is 0 Å². The van der Waals surface area contributed by atoms with Gasteiger partial charge in [0.1, 0.15) is 0 Å². The van der Waals surface area contributed by atoms with Gasteiger partial charge in [0.05, 0.1) is 5.25 Å². The quantitative estimate of drug-likeness (QED) is 0.812. The van der Waals surface area contributed by atoms with E-state index in [-0.39, 0.29) is 10.00 Å². The SMILES string of the molecule is CSC1(CNS(=O)(=O)C2CCNCC2)CCCCC1. The minimum atomic E-state index is -3.13. The molecule has 1 heterocycles. The summed E-state index contributed by atoms with van der Waals surface area (Å²) in [5, 5.41) is 3.02. The predicted molar refractivity (Wildman–Crippen MR) is 82.1 cm³/mol. The number of sulfonamides is 1. The zero-order valence-electron chi connectivity index (χ0n) is 11.8. The lowest BCUT2D eigenvalue weighted by Crippen LogP contribution is -2.47. The maximum atomic E-state index is 12.3. The van der Waals surface area contributed by atoms with Crippen molar-refractivity contribution in [1.29, 1.82) is 0 Å². The van der Waals surface area contributed by atoms with Crippen molar-refractivity contribution in [2.75, 3.05) is 25.9 Å². The van der Waals surface area contributed by atoms with Crippen LogP contribution in [-0.2, 0) is 10.0 Å². The van der Waals surface area contributed by atoms with Gasteiger partial charge in [0.25, 0.3) is 0 Å². The predicted octanol–water partition coefficient (Wildman–Crippen LogP) is 1.72. The average Bonchev–Trinajstić information content (AvgIpc) is 2.47. The zero-order chi connectivity index (χ0) is 13.8. The van der Waals surface area contributed by atoms with Crippen LogP contribution in [0, 0.1) is 0 Å². The number of thioether (sulfide) groups is 1. The molecule has 0 aromatic heterocycles. The van der Waals surface area contributed by atoms with E-state index in [2.05, 4.69) is 16.3 Å². The molecule has 1 saturated carbocycles. The van der Waals surface area contributed by atoms with E-state index in [1.165, 1.54) is 19.3 Å². The molecule has 1 aliphatic heterocycles. The number of hydrogen-bond acceptors (Lipinski definition) is 4. The van der Waals surface area contributed by atoms with Crippen molar-refractivity contribution in [2.24, 2.45) is 0 Å². The Labute approximate surface area is 121 Å². The summed E-state index contributed by atoms with van der Waals surface area (Å²) >= 11 is 1.84. The molecule has 0 atom stereocenters. The van der Waals surface area contributed by atoms with E-state index in [0.29, 0.717) is 6.54 Å². The highest BCUT2D eigenvalue weighted by Crippen LogP contribution is 2.38. The number of nitrogens with one attached hydrogen (secondary N) is 2. The third-order valence-corrected chi connectivity index (χ3v) is 7.83. The molecule has 0 aromatic rings. The minimum absolute atomic E-state index is 0.137. The highest BCUT2D eigenvalue weighted by molar-refractivity contribution is 8.00. The third-order valence-electron chi connectivity index (χ3n) is 4.52. The van der Waals surface area contributed by atoms with Gasteiger partial charge in [-0.1, -0.05) is 19.3 Å². The molecular formula is C13H26N2O2S2. The van der Waals surface area contributed by atoms with Gasteiger partial charge in [0.15, 0.2) is 0 Å². The summed E-state index contributed by atoms with van der Waals surface area (Å²) in [7, 11) is -3.13. The molecule has 0 bridgehead atoms. The van der Waals surface area contributed by atoms with Gasteiger partial charge in [0, 0.05) is 11.3 Å². The molecule has 0 spiro atoms. The normalized spacial score (nSPS) is 25.3. The second kappa shape index (κ2) is 6.78. The van der Waals surface area contributed by atoms with Gasteiger partial charge >= 0.3 is 0 Å². The Morgan fingerprint density at radius 3 is 2.42 bits per heavy atom. The Balaban J connectivity index is 1.92. The van der Waals surface area contributed by atoms with Crippen molar-refractivity contribution < 1.29 is 8.42 Å². The first kappa shape index (κ1) is 15.6. The summed E-state index contributed by atoms with van der Waals surface area (Å²) in [5.74, 6) is 0. The van der Waals surface area contributed by atoms with Crippen molar-refractivity contribution >= 4 is 21.8 Å². The Morgan fingerprint density at radius 1 is 1.21 bits per heavy atom. The van der Waals surface area contributed by atoms with Gasteiger partial charge < -0.3 is 5.32 Å². The lowest BCUT2D eigenvalue weighted by molar-refractivity contribution is 0.393. The third kappa shape index (κ3) is 4.09. The van der Waals surface area contributed by atoms with Crippen molar-refractivity contribution in [3.8, 4) is 0 Å². The van der Waals surface area contributed by atoms with Crippen molar-refractivity contribution in [1.82, 2.24) is 10.0 Å². The second-order valence-electron chi connectivity index (χ2n) is 5.76. The van der Waals surface area contributed by atoms with Crippen LogP contribution in [0.5, 0.6) is 0 Å². The van der Waals surface area contributed by atoms with Crippen LogP contribution < -0.4 is 10.0 Å². The van der Waals surface area contributed by atoms with E-state index >= 15 is 0 Å². The summed E-state index contributed by atoms with van der Waals surface area (Å²) in [4.78, 5) is 0. The first-order chi connectivity index (χ1) is 9.08. The van der Waals surface area contributed by atoms with Crippen LogP contribution in [0.3, 0.4) is 0 Å². The largest absolute Gasteiger partial charge is 0.317 e. The molecule has 4 nitrogen and oxygen atoms in total. The topological polar surface area (TPSA) is 58.2 Å². The Hall–Kier alpha value is 0.220. The molecule has 6 heteroatoms.